The lowest BCUT2D eigenvalue weighted by atomic mass is 10.1. The number of rotatable bonds is 1. The van der Waals surface area contributed by atoms with E-state index < -0.39 is 28.7 Å². The minimum Gasteiger partial charge on any atom is -0.478 e. The predicted molar refractivity (Wildman–Crippen MR) is 51.4 cm³/mol. The number of aromatic amines is 1. The van der Waals surface area contributed by atoms with E-state index in [1.165, 1.54) is 0 Å². The van der Waals surface area contributed by atoms with Gasteiger partial charge < -0.3 is 10.1 Å². The monoisotopic (exact) mass is 225 g/mol. The molecule has 0 fully saturated rings. The Morgan fingerprint density at radius 1 is 1.31 bits per heavy atom. The highest BCUT2D eigenvalue weighted by Crippen LogP contribution is 2.18. The van der Waals surface area contributed by atoms with Crippen molar-refractivity contribution in [1.29, 1.82) is 0 Å². The van der Waals surface area contributed by atoms with Crippen LogP contribution in [0.2, 0.25) is 0 Å². The van der Waals surface area contributed by atoms with Crippen LogP contribution in [0.5, 0.6) is 0 Å². The topological polar surface area (TPSA) is 70.2 Å². The van der Waals surface area contributed by atoms with Crippen molar-refractivity contribution in [2.24, 2.45) is 0 Å². The maximum atomic E-state index is 13.3. The van der Waals surface area contributed by atoms with Gasteiger partial charge in [0.05, 0.1) is 5.52 Å². The first-order chi connectivity index (χ1) is 7.50. The Hall–Kier alpha value is -2.24. The van der Waals surface area contributed by atoms with Crippen LogP contribution in [-0.4, -0.2) is 16.1 Å². The van der Waals surface area contributed by atoms with Crippen molar-refractivity contribution in [3.05, 3.63) is 45.8 Å². The maximum absolute atomic E-state index is 13.3. The summed E-state index contributed by atoms with van der Waals surface area (Å²) in [6.45, 7) is 0. The van der Waals surface area contributed by atoms with E-state index >= 15 is 0 Å². The highest BCUT2D eigenvalue weighted by atomic mass is 19.1. The van der Waals surface area contributed by atoms with E-state index in [1.54, 1.807) is 0 Å². The van der Waals surface area contributed by atoms with E-state index in [-0.39, 0.29) is 10.9 Å². The number of H-pyrrole nitrogens is 1. The summed E-state index contributed by atoms with van der Waals surface area (Å²) >= 11 is 0. The molecular weight excluding hydrogens is 220 g/mol. The van der Waals surface area contributed by atoms with Crippen LogP contribution in [0.3, 0.4) is 0 Å². The van der Waals surface area contributed by atoms with Crippen molar-refractivity contribution >= 4 is 16.9 Å². The third-order valence-corrected chi connectivity index (χ3v) is 2.13. The van der Waals surface area contributed by atoms with Crippen LogP contribution in [0.1, 0.15) is 10.4 Å². The summed E-state index contributed by atoms with van der Waals surface area (Å²) in [5.74, 6) is -3.60. The third kappa shape index (κ3) is 1.44. The standard InChI is InChI=1S/C10H5F2NO3/c11-4-1-2-5-6(3-4)13-9(14)8(12)7(5)10(15)16/h1-3H,(H,13,14)(H,15,16). The predicted octanol–water partition coefficient (Wildman–Crippen LogP) is 1.50. The smallest absolute Gasteiger partial charge is 0.339 e. The van der Waals surface area contributed by atoms with Crippen molar-refractivity contribution in [2.75, 3.05) is 0 Å². The third-order valence-electron chi connectivity index (χ3n) is 2.13. The molecule has 0 aliphatic heterocycles. The number of hydrogen-bond donors (Lipinski definition) is 2. The molecule has 2 aromatic rings. The Kier molecular flexibility index (Phi) is 2.19. The molecular formula is C10H5F2NO3. The molecule has 6 heteroatoms. The van der Waals surface area contributed by atoms with E-state index in [9.17, 15) is 18.4 Å². The Labute approximate surface area is 87.1 Å². The van der Waals surface area contributed by atoms with Crippen LogP contribution < -0.4 is 5.56 Å². The van der Waals surface area contributed by atoms with Gasteiger partial charge in [0.15, 0.2) is 0 Å². The first kappa shape index (κ1) is 10.3. The molecule has 1 aromatic carbocycles. The fraction of sp³-hybridized carbons (Fsp3) is 0. The summed E-state index contributed by atoms with van der Waals surface area (Å²) in [7, 11) is 0. The van der Waals surface area contributed by atoms with Gasteiger partial charge in [-0.15, -0.1) is 0 Å². The largest absolute Gasteiger partial charge is 0.478 e. The fourth-order valence-electron chi connectivity index (χ4n) is 1.46. The van der Waals surface area contributed by atoms with Crippen molar-refractivity contribution in [3.63, 3.8) is 0 Å². The summed E-state index contributed by atoms with van der Waals surface area (Å²) in [4.78, 5) is 23.9. The highest BCUT2D eigenvalue weighted by Gasteiger charge is 2.18. The number of halogens is 2. The fourth-order valence-corrected chi connectivity index (χ4v) is 1.46. The van der Waals surface area contributed by atoms with Gasteiger partial charge in [-0.1, -0.05) is 0 Å². The van der Waals surface area contributed by atoms with Crippen molar-refractivity contribution in [3.8, 4) is 0 Å². The normalized spacial score (nSPS) is 10.6. The van der Waals surface area contributed by atoms with Crippen LogP contribution in [-0.2, 0) is 0 Å². The van der Waals surface area contributed by atoms with Gasteiger partial charge in [-0.2, -0.15) is 4.39 Å². The molecule has 4 nitrogen and oxygen atoms in total. The number of pyridine rings is 1. The molecule has 2 N–H and O–H groups in total. The number of nitrogens with one attached hydrogen (secondary N) is 1. The van der Waals surface area contributed by atoms with Crippen molar-refractivity contribution in [1.82, 2.24) is 4.98 Å². The zero-order valence-corrected chi connectivity index (χ0v) is 7.75. The van der Waals surface area contributed by atoms with Gasteiger partial charge in [-0.05, 0) is 18.2 Å². The maximum Gasteiger partial charge on any atom is 0.339 e. The van der Waals surface area contributed by atoms with E-state index in [0.717, 1.165) is 18.2 Å². The quantitative estimate of drug-likeness (QED) is 0.772. The van der Waals surface area contributed by atoms with Crippen LogP contribution in [0.4, 0.5) is 8.78 Å². The molecule has 1 aromatic heterocycles. The Morgan fingerprint density at radius 3 is 2.62 bits per heavy atom. The van der Waals surface area contributed by atoms with Gasteiger partial charge in [-0.3, -0.25) is 4.79 Å². The van der Waals surface area contributed by atoms with Gasteiger partial charge in [0.2, 0.25) is 5.82 Å². The number of fused-ring (bicyclic) bond motifs is 1. The summed E-state index contributed by atoms with van der Waals surface area (Å²) in [5, 5.41) is 8.72. The molecule has 16 heavy (non-hydrogen) atoms. The molecule has 82 valence electrons. The molecule has 0 amide bonds. The summed E-state index contributed by atoms with van der Waals surface area (Å²) in [6, 6.07) is 3.03. The van der Waals surface area contributed by atoms with E-state index in [0.29, 0.717) is 0 Å². The number of aromatic carboxylic acids is 1. The van der Waals surface area contributed by atoms with Crippen LogP contribution >= 0.6 is 0 Å². The summed E-state index contributed by atoms with van der Waals surface area (Å²) in [6.07, 6.45) is 0. The summed E-state index contributed by atoms with van der Waals surface area (Å²) < 4.78 is 26.1. The molecule has 0 bridgehead atoms. The number of carboxylic acids is 1. The first-order valence-electron chi connectivity index (χ1n) is 4.25. The number of carboxylic acid groups (broad SMARTS) is 1. The molecule has 0 atom stereocenters. The molecule has 0 saturated heterocycles. The molecule has 0 aliphatic carbocycles. The van der Waals surface area contributed by atoms with Crippen molar-refractivity contribution < 1.29 is 18.7 Å². The average molecular weight is 225 g/mol. The molecule has 0 unspecified atom stereocenters. The highest BCUT2D eigenvalue weighted by molar-refractivity contribution is 6.02. The number of aromatic nitrogens is 1. The Morgan fingerprint density at radius 2 is 2.00 bits per heavy atom. The Bertz CT molecular complexity index is 648. The second kappa shape index (κ2) is 3.41. The van der Waals surface area contributed by atoms with Gasteiger partial charge in [-0.25, -0.2) is 9.18 Å². The van der Waals surface area contributed by atoms with E-state index in [4.69, 9.17) is 5.11 Å². The minimum absolute atomic E-state index is 0.0500. The number of benzene rings is 1. The molecule has 0 saturated carbocycles. The zero-order chi connectivity index (χ0) is 11.9. The second-order valence-electron chi connectivity index (χ2n) is 3.14. The minimum atomic E-state index is -1.57. The first-order valence-corrected chi connectivity index (χ1v) is 4.25. The van der Waals surface area contributed by atoms with E-state index in [1.807, 2.05) is 0 Å². The second-order valence-corrected chi connectivity index (χ2v) is 3.14. The Balaban J connectivity index is 3.00. The zero-order valence-electron chi connectivity index (χ0n) is 7.75. The lowest BCUT2D eigenvalue weighted by molar-refractivity contribution is 0.0693. The van der Waals surface area contributed by atoms with Crippen LogP contribution in [0.15, 0.2) is 23.0 Å². The molecule has 0 aliphatic rings. The SMILES string of the molecule is O=C(O)c1c(F)c(=O)[nH]c2cc(F)ccc12. The molecule has 0 spiro atoms. The van der Waals surface area contributed by atoms with Gasteiger partial charge in [0, 0.05) is 5.39 Å². The summed E-state index contributed by atoms with van der Waals surface area (Å²) in [5.41, 5.74) is -1.99. The lowest BCUT2D eigenvalue weighted by Crippen LogP contribution is -2.17. The van der Waals surface area contributed by atoms with Gasteiger partial charge >= 0.3 is 5.97 Å². The number of carbonyl (C=O) groups is 1. The lowest BCUT2D eigenvalue weighted by Gasteiger charge is -2.03. The molecule has 1 heterocycles. The average Bonchev–Trinajstić information content (AvgIpc) is 2.19. The number of hydrogen-bond acceptors (Lipinski definition) is 2. The van der Waals surface area contributed by atoms with Gasteiger partial charge in [0.25, 0.3) is 5.56 Å². The molecule has 0 radical (unpaired) electrons. The van der Waals surface area contributed by atoms with E-state index in [2.05, 4.69) is 4.98 Å². The van der Waals surface area contributed by atoms with Gasteiger partial charge in [0.1, 0.15) is 11.4 Å². The van der Waals surface area contributed by atoms with Crippen LogP contribution in [0, 0.1) is 11.6 Å². The molecule has 2 rings (SSSR count). The van der Waals surface area contributed by atoms with Crippen molar-refractivity contribution in [2.45, 2.75) is 0 Å². The van der Waals surface area contributed by atoms with Crippen LogP contribution in [0.25, 0.3) is 10.9 Å².